The van der Waals surface area contributed by atoms with Crippen molar-refractivity contribution >= 4 is 56.2 Å². The van der Waals surface area contributed by atoms with E-state index in [4.69, 9.17) is 23.2 Å². The normalized spacial score (nSPS) is 11.5. The molecule has 4 rings (SSSR count). The van der Waals surface area contributed by atoms with Gasteiger partial charge in [-0.25, -0.2) is 13.4 Å². The fraction of sp³-hybridized carbons (Fsp3) is 0.120. The molecule has 6 nitrogen and oxygen atoms in total. The minimum absolute atomic E-state index is 0.0163. The highest BCUT2D eigenvalue weighted by Gasteiger charge is 2.29. The molecule has 0 unspecified atom stereocenters. The lowest BCUT2D eigenvalue weighted by molar-refractivity contribution is -0.116. The molecule has 4 aromatic rings. The van der Waals surface area contributed by atoms with Crippen molar-refractivity contribution in [3.8, 4) is 11.3 Å². The van der Waals surface area contributed by atoms with E-state index in [2.05, 4.69) is 10.3 Å². The zero-order valence-electron chi connectivity index (χ0n) is 18.6. The molecule has 0 aliphatic rings. The van der Waals surface area contributed by atoms with Crippen molar-refractivity contribution in [1.29, 1.82) is 0 Å². The molecular weight excluding hydrogens is 525 g/mol. The van der Waals surface area contributed by atoms with Crippen LogP contribution in [-0.4, -0.2) is 30.2 Å². The molecule has 0 fully saturated rings. The zero-order valence-corrected chi connectivity index (χ0v) is 21.8. The SMILES string of the molecule is Cc1nc(-c2cccc(NC(=O)CN(Cc3ccccc3)S(=O)(=O)c3cc(Cl)ccc3Cl)c2)cs1. The average Bonchev–Trinajstić information content (AvgIpc) is 3.27. The number of nitrogens with one attached hydrogen (secondary N) is 1. The number of aromatic nitrogens is 1. The number of carbonyl (C=O) groups is 1. The van der Waals surface area contributed by atoms with Crippen molar-refractivity contribution in [2.75, 3.05) is 11.9 Å². The van der Waals surface area contributed by atoms with Crippen LogP contribution in [0, 0.1) is 6.92 Å². The third-order valence-electron chi connectivity index (χ3n) is 5.09. The van der Waals surface area contributed by atoms with Crippen LogP contribution >= 0.6 is 34.5 Å². The smallest absolute Gasteiger partial charge is 0.245 e. The molecule has 10 heteroatoms. The van der Waals surface area contributed by atoms with Crippen molar-refractivity contribution < 1.29 is 13.2 Å². The molecule has 0 saturated heterocycles. The molecule has 1 N–H and O–H groups in total. The Balaban J connectivity index is 1.60. The van der Waals surface area contributed by atoms with Gasteiger partial charge >= 0.3 is 0 Å². The number of benzene rings is 3. The maximum atomic E-state index is 13.5. The first-order chi connectivity index (χ1) is 16.7. The van der Waals surface area contributed by atoms with Crippen molar-refractivity contribution in [3.05, 3.63) is 98.8 Å². The largest absolute Gasteiger partial charge is 0.325 e. The summed E-state index contributed by atoms with van der Waals surface area (Å²) in [6.45, 7) is 1.49. The fourth-order valence-corrected chi connectivity index (χ4v) is 6.18. The molecule has 1 amide bonds. The van der Waals surface area contributed by atoms with Crippen molar-refractivity contribution in [2.45, 2.75) is 18.4 Å². The van der Waals surface area contributed by atoms with Crippen molar-refractivity contribution in [2.24, 2.45) is 0 Å². The molecule has 0 aliphatic heterocycles. The zero-order chi connectivity index (χ0) is 25.0. The maximum Gasteiger partial charge on any atom is 0.245 e. The highest BCUT2D eigenvalue weighted by Crippen LogP contribution is 2.29. The van der Waals surface area contributed by atoms with Crippen LogP contribution in [0.4, 0.5) is 5.69 Å². The van der Waals surface area contributed by atoms with E-state index in [0.29, 0.717) is 5.69 Å². The van der Waals surface area contributed by atoms with Gasteiger partial charge in [0, 0.05) is 28.2 Å². The number of nitrogens with zero attached hydrogens (tertiary/aromatic N) is 2. The number of rotatable bonds is 8. The van der Waals surface area contributed by atoms with E-state index < -0.39 is 22.5 Å². The quantitative estimate of drug-likeness (QED) is 0.283. The number of carbonyl (C=O) groups excluding carboxylic acids is 1. The number of anilines is 1. The van der Waals surface area contributed by atoms with E-state index in [1.54, 1.807) is 36.4 Å². The Kier molecular flexibility index (Phi) is 7.88. The summed E-state index contributed by atoms with van der Waals surface area (Å²) in [5, 5.41) is 5.94. The van der Waals surface area contributed by atoms with Crippen molar-refractivity contribution in [3.63, 3.8) is 0 Å². The first-order valence-corrected chi connectivity index (χ1v) is 13.6. The van der Waals surface area contributed by atoms with Gasteiger partial charge in [0.15, 0.2) is 0 Å². The van der Waals surface area contributed by atoms with Gasteiger partial charge in [-0.3, -0.25) is 4.79 Å². The van der Waals surface area contributed by atoms with Crippen LogP contribution in [0.15, 0.2) is 83.1 Å². The van der Waals surface area contributed by atoms with Crippen LogP contribution in [0.25, 0.3) is 11.3 Å². The van der Waals surface area contributed by atoms with Gasteiger partial charge in [0.2, 0.25) is 15.9 Å². The molecular formula is C25H21Cl2N3O3S2. The van der Waals surface area contributed by atoms with Gasteiger partial charge in [-0.15, -0.1) is 11.3 Å². The number of hydrogen-bond donors (Lipinski definition) is 1. The Morgan fingerprint density at radius 3 is 2.51 bits per heavy atom. The molecule has 0 radical (unpaired) electrons. The summed E-state index contributed by atoms with van der Waals surface area (Å²) >= 11 is 13.8. The van der Waals surface area contributed by atoms with Crippen LogP contribution in [0.2, 0.25) is 10.0 Å². The molecule has 0 aliphatic carbocycles. The minimum Gasteiger partial charge on any atom is -0.325 e. The van der Waals surface area contributed by atoms with Gasteiger partial charge in [-0.05, 0) is 42.8 Å². The number of amides is 1. The number of halogens is 2. The summed E-state index contributed by atoms with van der Waals surface area (Å²) in [7, 11) is -4.14. The summed E-state index contributed by atoms with van der Waals surface area (Å²) in [6.07, 6.45) is 0. The molecule has 1 heterocycles. The lowest BCUT2D eigenvalue weighted by Gasteiger charge is -2.23. The molecule has 180 valence electrons. The maximum absolute atomic E-state index is 13.5. The van der Waals surface area contributed by atoms with Gasteiger partial charge in [0.25, 0.3) is 0 Å². The van der Waals surface area contributed by atoms with Gasteiger partial charge in [0.05, 0.1) is 22.3 Å². The fourth-order valence-electron chi connectivity index (χ4n) is 3.44. The Morgan fingerprint density at radius 1 is 1.03 bits per heavy atom. The second-order valence-electron chi connectivity index (χ2n) is 7.71. The first-order valence-electron chi connectivity index (χ1n) is 10.5. The summed E-state index contributed by atoms with van der Waals surface area (Å²) in [6, 6.07) is 20.5. The number of hydrogen-bond acceptors (Lipinski definition) is 5. The molecule has 35 heavy (non-hydrogen) atoms. The first kappa shape index (κ1) is 25.3. The van der Waals surface area contributed by atoms with E-state index in [-0.39, 0.29) is 21.5 Å². The van der Waals surface area contributed by atoms with Crippen LogP contribution in [0.5, 0.6) is 0 Å². The van der Waals surface area contributed by atoms with Crippen LogP contribution in [0.1, 0.15) is 10.6 Å². The second kappa shape index (κ2) is 10.9. The summed E-state index contributed by atoms with van der Waals surface area (Å²) in [5.41, 5.74) is 2.93. The molecule has 0 spiro atoms. The summed E-state index contributed by atoms with van der Waals surface area (Å²) in [4.78, 5) is 17.3. The van der Waals surface area contributed by atoms with E-state index in [0.717, 1.165) is 26.1 Å². The lowest BCUT2D eigenvalue weighted by Crippen LogP contribution is -2.37. The Bertz CT molecular complexity index is 1460. The third kappa shape index (κ3) is 6.28. The van der Waals surface area contributed by atoms with E-state index in [1.807, 2.05) is 30.5 Å². The Labute approximate surface area is 218 Å². The predicted molar refractivity (Wildman–Crippen MR) is 141 cm³/mol. The molecule has 3 aromatic carbocycles. The monoisotopic (exact) mass is 545 g/mol. The Morgan fingerprint density at radius 2 is 1.80 bits per heavy atom. The van der Waals surface area contributed by atoms with E-state index >= 15 is 0 Å². The molecule has 0 bridgehead atoms. The van der Waals surface area contributed by atoms with Gasteiger partial charge in [-0.2, -0.15) is 4.31 Å². The highest BCUT2D eigenvalue weighted by molar-refractivity contribution is 7.89. The van der Waals surface area contributed by atoms with Gasteiger partial charge < -0.3 is 5.32 Å². The highest BCUT2D eigenvalue weighted by atomic mass is 35.5. The Hall–Kier alpha value is -2.75. The van der Waals surface area contributed by atoms with Crippen LogP contribution in [0.3, 0.4) is 0 Å². The molecule has 0 atom stereocenters. The topological polar surface area (TPSA) is 79.4 Å². The second-order valence-corrected chi connectivity index (χ2v) is 11.5. The van der Waals surface area contributed by atoms with Crippen LogP contribution < -0.4 is 5.32 Å². The summed E-state index contributed by atoms with van der Waals surface area (Å²) in [5.74, 6) is -0.491. The number of sulfonamides is 1. The predicted octanol–water partition coefficient (Wildman–Crippen LogP) is 6.25. The van der Waals surface area contributed by atoms with Gasteiger partial charge in [-0.1, -0.05) is 65.7 Å². The standard InChI is InChI=1S/C25H21Cl2N3O3S2/c1-17-28-23(16-34-17)19-8-5-9-21(12-19)29-25(31)15-30(14-18-6-3-2-4-7-18)35(32,33)24-13-20(26)10-11-22(24)27/h2-13,16H,14-15H2,1H3,(H,29,31). The molecule has 1 aromatic heterocycles. The van der Waals surface area contributed by atoms with E-state index in [1.165, 1.54) is 29.5 Å². The third-order valence-corrected chi connectivity index (χ3v) is 8.38. The van der Waals surface area contributed by atoms with Crippen LogP contribution in [-0.2, 0) is 21.4 Å². The number of aryl methyl sites for hydroxylation is 1. The summed E-state index contributed by atoms with van der Waals surface area (Å²) < 4.78 is 28.2. The lowest BCUT2D eigenvalue weighted by atomic mass is 10.1. The number of thiazole rings is 1. The average molecular weight is 547 g/mol. The van der Waals surface area contributed by atoms with Gasteiger partial charge in [0.1, 0.15) is 4.90 Å². The molecule has 0 saturated carbocycles. The van der Waals surface area contributed by atoms with E-state index in [9.17, 15) is 13.2 Å². The minimum atomic E-state index is -4.14. The van der Waals surface area contributed by atoms with Crippen molar-refractivity contribution in [1.82, 2.24) is 9.29 Å².